The first-order valence-corrected chi connectivity index (χ1v) is 5.36. The lowest BCUT2D eigenvalue weighted by atomic mass is 10.4. The van der Waals surface area contributed by atoms with Crippen molar-refractivity contribution in [1.29, 1.82) is 0 Å². The Morgan fingerprint density at radius 2 is 2.33 bits per heavy atom. The van der Waals surface area contributed by atoms with Gasteiger partial charge in [-0.2, -0.15) is 0 Å². The van der Waals surface area contributed by atoms with Gasteiger partial charge in [-0.05, 0) is 25.0 Å². The molecule has 82 valence electrons. The maximum atomic E-state index is 5.19. The molecule has 2 rings (SSSR count). The minimum Gasteiger partial charge on any atom is -0.493 e. The van der Waals surface area contributed by atoms with E-state index in [1.54, 1.807) is 13.3 Å². The van der Waals surface area contributed by atoms with Crippen molar-refractivity contribution in [2.24, 2.45) is 0 Å². The summed E-state index contributed by atoms with van der Waals surface area (Å²) in [5.74, 6) is 1.61. The fraction of sp³-hybridized carbons (Fsp3) is 0.545. The molecule has 15 heavy (non-hydrogen) atoms. The molecule has 1 heterocycles. The van der Waals surface area contributed by atoms with E-state index in [9.17, 15) is 0 Å². The zero-order valence-corrected chi connectivity index (χ0v) is 8.99. The molecule has 1 fully saturated rings. The van der Waals surface area contributed by atoms with E-state index in [-0.39, 0.29) is 0 Å². The van der Waals surface area contributed by atoms with Crippen molar-refractivity contribution in [1.82, 2.24) is 10.3 Å². The fourth-order valence-electron chi connectivity index (χ4n) is 1.43. The van der Waals surface area contributed by atoms with Gasteiger partial charge >= 0.3 is 0 Å². The Hall–Kier alpha value is -1.29. The molecule has 0 aromatic carbocycles. The largest absolute Gasteiger partial charge is 0.493 e. The van der Waals surface area contributed by atoms with Gasteiger partial charge in [-0.1, -0.05) is 0 Å². The first kappa shape index (κ1) is 10.2. The van der Waals surface area contributed by atoms with Crippen LogP contribution in [0.5, 0.6) is 5.75 Å². The second kappa shape index (κ2) is 4.98. The van der Waals surface area contributed by atoms with E-state index in [0.717, 1.165) is 30.7 Å². The van der Waals surface area contributed by atoms with Crippen molar-refractivity contribution in [3.05, 3.63) is 18.3 Å². The summed E-state index contributed by atoms with van der Waals surface area (Å²) >= 11 is 0. The topological polar surface area (TPSA) is 46.2 Å². The van der Waals surface area contributed by atoms with Crippen LogP contribution in [0.3, 0.4) is 0 Å². The molecule has 0 amide bonds. The Labute approximate surface area is 90.0 Å². The summed E-state index contributed by atoms with van der Waals surface area (Å²) in [5.41, 5.74) is 0. The predicted octanol–water partition coefficient (Wildman–Crippen LogP) is 1.25. The van der Waals surface area contributed by atoms with Gasteiger partial charge in [0.05, 0.1) is 7.11 Å². The molecule has 1 saturated carbocycles. The molecular formula is C11H17N3O. The lowest BCUT2D eigenvalue weighted by molar-refractivity contribution is 0.415. The number of hydrogen-bond acceptors (Lipinski definition) is 4. The van der Waals surface area contributed by atoms with Crippen LogP contribution in [-0.4, -0.2) is 31.2 Å². The highest BCUT2D eigenvalue weighted by Crippen LogP contribution is 2.20. The average molecular weight is 207 g/mol. The quantitative estimate of drug-likeness (QED) is 0.689. The molecule has 0 saturated heterocycles. The molecule has 0 bridgehead atoms. The van der Waals surface area contributed by atoms with Crippen LogP contribution >= 0.6 is 0 Å². The fourth-order valence-corrected chi connectivity index (χ4v) is 1.43. The number of pyridine rings is 1. The first-order valence-electron chi connectivity index (χ1n) is 5.36. The number of nitrogens with one attached hydrogen (secondary N) is 2. The van der Waals surface area contributed by atoms with Gasteiger partial charge in [0.2, 0.25) is 0 Å². The van der Waals surface area contributed by atoms with Gasteiger partial charge in [-0.25, -0.2) is 4.98 Å². The van der Waals surface area contributed by atoms with Crippen LogP contribution in [0.2, 0.25) is 0 Å². The van der Waals surface area contributed by atoms with Gasteiger partial charge in [0.1, 0.15) is 0 Å². The van der Waals surface area contributed by atoms with Gasteiger partial charge in [0, 0.05) is 25.3 Å². The van der Waals surface area contributed by atoms with Crippen molar-refractivity contribution in [3.8, 4) is 5.75 Å². The van der Waals surface area contributed by atoms with E-state index in [0.29, 0.717) is 0 Å². The molecule has 4 nitrogen and oxygen atoms in total. The number of aromatic nitrogens is 1. The summed E-state index contributed by atoms with van der Waals surface area (Å²) in [6.07, 6.45) is 4.42. The number of nitrogens with zero attached hydrogens (tertiary/aromatic N) is 1. The van der Waals surface area contributed by atoms with Crippen LogP contribution in [-0.2, 0) is 0 Å². The number of methoxy groups -OCH3 is 1. The van der Waals surface area contributed by atoms with E-state index in [1.165, 1.54) is 12.8 Å². The Balaban J connectivity index is 1.75. The SMILES string of the molecule is COc1cccnc1NCCNC1CC1. The van der Waals surface area contributed by atoms with Crippen molar-refractivity contribution < 1.29 is 4.74 Å². The smallest absolute Gasteiger partial charge is 0.168 e. The molecule has 1 aromatic rings. The molecule has 2 N–H and O–H groups in total. The molecule has 1 aliphatic rings. The highest BCUT2D eigenvalue weighted by atomic mass is 16.5. The Morgan fingerprint density at radius 3 is 3.07 bits per heavy atom. The van der Waals surface area contributed by atoms with Crippen molar-refractivity contribution >= 4 is 5.82 Å². The van der Waals surface area contributed by atoms with E-state index in [4.69, 9.17) is 4.74 Å². The van der Waals surface area contributed by atoms with Crippen LogP contribution in [0, 0.1) is 0 Å². The van der Waals surface area contributed by atoms with Gasteiger partial charge in [-0.3, -0.25) is 0 Å². The van der Waals surface area contributed by atoms with Crippen LogP contribution in [0.4, 0.5) is 5.82 Å². The third kappa shape index (κ3) is 3.09. The number of anilines is 1. The Bertz CT molecular complexity index is 312. The van der Waals surface area contributed by atoms with Gasteiger partial charge < -0.3 is 15.4 Å². The number of hydrogen-bond donors (Lipinski definition) is 2. The number of ether oxygens (including phenoxy) is 1. The normalized spacial score (nSPS) is 15.0. The van der Waals surface area contributed by atoms with Crippen molar-refractivity contribution in [2.75, 3.05) is 25.5 Å². The second-order valence-electron chi connectivity index (χ2n) is 3.71. The van der Waals surface area contributed by atoms with Crippen molar-refractivity contribution in [3.63, 3.8) is 0 Å². The summed E-state index contributed by atoms with van der Waals surface area (Å²) in [6.45, 7) is 1.86. The molecule has 0 aliphatic heterocycles. The van der Waals surface area contributed by atoms with Crippen LogP contribution < -0.4 is 15.4 Å². The average Bonchev–Trinajstić information content (AvgIpc) is 3.09. The van der Waals surface area contributed by atoms with Crippen LogP contribution in [0.1, 0.15) is 12.8 Å². The van der Waals surface area contributed by atoms with Crippen LogP contribution in [0.15, 0.2) is 18.3 Å². The highest BCUT2D eigenvalue weighted by Gasteiger charge is 2.19. The second-order valence-corrected chi connectivity index (χ2v) is 3.71. The summed E-state index contributed by atoms with van der Waals surface area (Å²) < 4.78 is 5.19. The molecule has 0 unspecified atom stereocenters. The molecule has 1 aliphatic carbocycles. The summed E-state index contributed by atoms with van der Waals surface area (Å²) in [4.78, 5) is 4.22. The summed E-state index contributed by atoms with van der Waals surface area (Å²) in [5, 5.41) is 6.68. The third-order valence-electron chi connectivity index (χ3n) is 2.42. The first-order chi connectivity index (χ1) is 7.40. The van der Waals surface area contributed by atoms with E-state index < -0.39 is 0 Å². The van der Waals surface area contributed by atoms with Crippen LogP contribution in [0.25, 0.3) is 0 Å². The molecule has 0 radical (unpaired) electrons. The molecule has 4 heteroatoms. The highest BCUT2D eigenvalue weighted by molar-refractivity contribution is 5.49. The maximum absolute atomic E-state index is 5.19. The van der Waals surface area contributed by atoms with E-state index >= 15 is 0 Å². The lowest BCUT2D eigenvalue weighted by Crippen LogP contribution is -2.24. The van der Waals surface area contributed by atoms with E-state index in [2.05, 4.69) is 15.6 Å². The minimum absolute atomic E-state index is 0.762. The maximum Gasteiger partial charge on any atom is 0.168 e. The molecule has 0 atom stereocenters. The Kier molecular flexibility index (Phi) is 3.40. The minimum atomic E-state index is 0.762. The van der Waals surface area contributed by atoms with Gasteiger partial charge in [-0.15, -0.1) is 0 Å². The predicted molar refractivity (Wildman–Crippen MR) is 60.3 cm³/mol. The Morgan fingerprint density at radius 1 is 1.47 bits per heavy atom. The zero-order valence-electron chi connectivity index (χ0n) is 8.99. The molecule has 1 aromatic heterocycles. The van der Waals surface area contributed by atoms with Gasteiger partial charge in [0.15, 0.2) is 11.6 Å². The lowest BCUT2D eigenvalue weighted by Gasteiger charge is -2.09. The third-order valence-corrected chi connectivity index (χ3v) is 2.42. The summed E-state index contributed by atoms with van der Waals surface area (Å²) in [7, 11) is 1.66. The van der Waals surface area contributed by atoms with Gasteiger partial charge in [0.25, 0.3) is 0 Å². The summed E-state index contributed by atoms with van der Waals surface area (Å²) in [6, 6.07) is 4.54. The zero-order chi connectivity index (χ0) is 10.5. The molecular weight excluding hydrogens is 190 g/mol. The van der Waals surface area contributed by atoms with Crippen molar-refractivity contribution in [2.45, 2.75) is 18.9 Å². The number of rotatable bonds is 6. The van der Waals surface area contributed by atoms with E-state index in [1.807, 2.05) is 12.1 Å². The molecule has 0 spiro atoms. The standard InChI is InChI=1S/C11H17N3O/c1-15-10-3-2-6-13-11(10)14-8-7-12-9-4-5-9/h2-3,6,9,12H,4-5,7-8H2,1H3,(H,13,14). The monoisotopic (exact) mass is 207 g/mol.